The quantitative estimate of drug-likeness (QED) is 0.0543. The minimum atomic E-state index is -1.77. The number of aryl methyl sites for hydroxylation is 1. The van der Waals surface area contributed by atoms with Crippen molar-refractivity contribution in [2.24, 2.45) is 5.92 Å². The van der Waals surface area contributed by atoms with E-state index >= 15 is 0 Å². The van der Waals surface area contributed by atoms with Gasteiger partial charge in [-0.05, 0) is 100 Å². The Balaban J connectivity index is 0.000000182. The largest absolute Gasteiger partial charge is 0.501 e. The molecule has 18 rings (SSSR count). The Labute approximate surface area is 887 Å². The van der Waals surface area contributed by atoms with Crippen molar-refractivity contribution >= 4 is 170 Å². The zero-order valence-corrected chi connectivity index (χ0v) is 107. The van der Waals surface area contributed by atoms with E-state index in [9.17, 15) is 0 Å². The van der Waals surface area contributed by atoms with Crippen molar-refractivity contribution in [3.05, 3.63) is 346 Å². The van der Waals surface area contributed by atoms with Gasteiger partial charge in [-0.3, -0.25) is 0 Å². The summed E-state index contributed by atoms with van der Waals surface area (Å²) >= 11 is 0. The van der Waals surface area contributed by atoms with Crippen LogP contribution in [0.4, 0.5) is 0 Å². The SMILES string of the molecule is CC(C)Cc1cc(-c2[c-]ccc3c2oc2ccccc23)ncc1[Si]([Si](C)(C)C)([Si](C)(C)C)[Si](C)(C)C.C[Si](C)(C)[Si](c1ccc(-c2[c-]ccc3c2oc2ccccc23)nc1)([Si](C)(C)C)[Si](C)(C)C.Cc1cc(-c2[c-]ccc3c2oc2ccccc23)ncc1[Si]([Si](C)(C)C)([Si](C)(C)C)[Si](C)(C)C.[Ir].[Ir].[Ir].[c-]1ccccc1-c1ccccn1.[c-]1ccccc1-c1ccccn1.[c-]1ccccc1-c1ccccn1. The second-order valence-electron chi connectivity index (χ2n) is 46.2. The van der Waals surface area contributed by atoms with Crippen LogP contribution in [0.2, 0.25) is 177 Å². The van der Waals surface area contributed by atoms with Gasteiger partial charge in [0.2, 0.25) is 0 Å². The maximum Gasteiger partial charge on any atom is 0.120 e. The Kier molecular flexibility index (Phi) is 37.4. The number of nitrogens with zero attached hydrogens (tertiary/aromatic N) is 6. The Morgan fingerprint density at radius 2 is 0.550 bits per heavy atom. The smallest absolute Gasteiger partial charge is 0.120 e. The van der Waals surface area contributed by atoms with Gasteiger partial charge in [0.25, 0.3) is 0 Å². The molecule has 0 aliphatic carbocycles. The minimum Gasteiger partial charge on any atom is -0.501 e. The fourth-order valence-corrected chi connectivity index (χ4v) is 327. The fraction of sp³-hybridized carbons (Fsp3) is 0.276. The molecule has 0 atom stereocenters. The third kappa shape index (κ3) is 23.7. The van der Waals surface area contributed by atoms with Crippen molar-refractivity contribution in [3.63, 3.8) is 0 Å². The molecule has 3 radical (unpaired) electrons. The zero-order chi connectivity index (χ0) is 99.3. The van der Waals surface area contributed by atoms with Gasteiger partial charge in [-0.2, -0.15) is 0 Å². The van der Waals surface area contributed by atoms with Crippen molar-refractivity contribution in [2.45, 2.75) is 204 Å². The minimum absolute atomic E-state index is 0. The summed E-state index contributed by atoms with van der Waals surface area (Å²) in [4.78, 5) is 28.1. The van der Waals surface area contributed by atoms with Crippen LogP contribution in [0.25, 0.3) is 133 Å². The monoisotopic (exact) mass is 2580 g/mol. The molecular formula is C116H142Ir3N6O3Si12-6. The number of fused-ring (bicyclic) bond motifs is 9. The summed E-state index contributed by atoms with van der Waals surface area (Å²) in [6.07, 6.45) is 13.4. The molecule has 735 valence electrons. The second kappa shape index (κ2) is 46.1. The molecule has 18 aromatic rings. The summed E-state index contributed by atoms with van der Waals surface area (Å²) in [5.41, 5.74) is 20.3. The van der Waals surface area contributed by atoms with E-state index in [-0.39, 0.29) is 60.3 Å². The summed E-state index contributed by atoms with van der Waals surface area (Å²) < 4.78 is 18.9. The summed E-state index contributed by atoms with van der Waals surface area (Å²) in [5, 5.41) is 11.8. The molecule has 9 heterocycles. The van der Waals surface area contributed by atoms with Crippen LogP contribution in [0, 0.1) is 49.2 Å². The molecule has 0 aliphatic rings. The number of hydrogen-bond donors (Lipinski definition) is 0. The number of hydrogen-bond acceptors (Lipinski definition) is 9. The summed E-state index contributed by atoms with van der Waals surface area (Å²) in [5.74, 6) is 0.599. The van der Waals surface area contributed by atoms with Gasteiger partial charge < -0.3 is 43.2 Å². The van der Waals surface area contributed by atoms with Gasteiger partial charge >= 0.3 is 0 Å². The summed E-state index contributed by atoms with van der Waals surface area (Å²) in [6.45, 7) is 73.5. The van der Waals surface area contributed by atoms with Crippen molar-refractivity contribution < 1.29 is 73.6 Å². The topological polar surface area (TPSA) is 117 Å². The van der Waals surface area contributed by atoms with Gasteiger partial charge in [0.05, 0.1) is 36.6 Å². The summed E-state index contributed by atoms with van der Waals surface area (Å²) in [6, 6.07) is 107. The molecule has 0 N–H and O–H groups in total. The Morgan fingerprint density at radius 1 is 0.257 bits per heavy atom. The maximum atomic E-state index is 6.38. The van der Waals surface area contributed by atoms with E-state index in [1.807, 2.05) is 176 Å². The Morgan fingerprint density at radius 3 is 0.836 bits per heavy atom. The van der Waals surface area contributed by atoms with Crippen LogP contribution in [-0.2, 0) is 66.7 Å². The molecule has 0 aliphatic heterocycles. The van der Waals surface area contributed by atoms with Crippen LogP contribution in [0.3, 0.4) is 0 Å². The molecule has 0 saturated heterocycles. The fourth-order valence-electron chi connectivity index (χ4n) is 26.1. The number of furan rings is 3. The van der Waals surface area contributed by atoms with Gasteiger partial charge in [-0.25, -0.2) is 0 Å². The van der Waals surface area contributed by atoms with Crippen LogP contribution in [-0.4, -0.2) is 118 Å². The van der Waals surface area contributed by atoms with Gasteiger partial charge in [0.15, 0.2) is 0 Å². The number of para-hydroxylation sites is 3. The number of benzene rings is 9. The first-order valence-electron chi connectivity index (χ1n) is 48.5. The molecule has 0 amide bonds. The standard InChI is InChI=1S/C30H44NOSi4.C27H38NOSi4.C26H36NOSi4.3C11H8N.3Ir/c1-22(2)19-23-20-27(26-17-14-16-25-24-15-12-13-18-28(24)32-30(25)26)31-21-29(23)36(33(3,4)5,34(6,7)8)35(9,10)11;1-20-18-24(23-16-13-15-22-21-14-11-12-17-25(21)29-27(22)23)28-19-26(20)33(30(2,3)4,31(5,6)7)32(8,9)10;1-29(2,3)32(30(4,5)6,31(7,8)9)20-17-18-24(27-19-20)23-15-12-14-22-21-13-10-11-16-25(21)28-26(22)23;3*1-2-6-10(7-3-1)11-8-4-5-9-12-11;;;/h12-16,18,20-22H,19H2,1-11H3;11-15,17-19H,1-10H3;10-14,16-19H,1-9H3;3*1-6,8-9H;;;/q6*-1;;;. The van der Waals surface area contributed by atoms with E-state index < -0.39 is 88.2 Å². The maximum absolute atomic E-state index is 6.38. The number of pyridine rings is 6. The predicted octanol–water partition coefficient (Wildman–Crippen LogP) is 31.2. The van der Waals surface area contributed by atoms with E-state index in [1.54, 1.807) is 39.7 Å². The van der Waals surface area contributed by atoms with Crippen LogP contribution < -0.4 is 15.6 Å². The van der Waals surface area contributed by atoms with Crippen molar-refractivity contribution in [3.8, 4) is 67.5 Å². The van der Waals surface area contributed by atoms with Gasteiger partial charge in [0, 0.05) is 182 Å². The molecule has 9 nitrogen and oxygen atoms in total. The van der Waals surface area contributed by atoms with Gasteiger partial charge in [0.1, 0.15) is 16.7 Å². The molecule has 0 saturated carbocycles. The molecular weight excluding hydrogens is 2440 g/mol. The van der Waals surface area contributed by atoms with E-state index in [1.165, 1.54) is 5.56 Å². The second-order valence-corrected chi connectivity index (χ2v) is 167. The first-order valence-corrected chi connectivity index (χ1v) is 95.0. The van der Waals surface area contributed by atoms with E-state index in [0.717, 1.165) is 140 Å². The first-order chi connectivity index (χ1) is 64.5. The average Bonchev–Trinajstić information content (AvgIpc) is 0.797. The molecule has 9 aromatic heterocycles. The van der Waals surface area contributed by atoms with Crippen LogP contribution in [0.1, 0.15) is 25.0 Å². The van der Waals surface area contributed by atoms with Crippen molar-refractivity contribution in [2.75, 3.05) is 0 Å². The van der Waals surface area contributed by atoms with E-state index in [2.05, 4.69) is 352 Å². The number of rotatable bonds is 20. The van der Waals surface area contributed by atoms with Crippen molar-refractivity contribution in [1.82, 2.24) is 29.9 Å². The molecule has 9 aromatic carbocycles. The molecule has 0 bridgehead atoms. The third-order valence-corrected chi connectivity index (χ3v) is 241. The van der Waals surface area contributed by atoms with Crippen LogP contribution >= 0.6 is 0 Å². The Bertz CT molecular complexity index is 6720. The first kappa shape index (κ1) is 114. The molecule has 140 heavy (non-hydrogen) atoms. The Hall–Kier alpha value is -8.17. The molecule has 0 fully saturated rings. The van der Waals surface area contributed by atoms with E-state index in [4.69, 9.17) is 28.2 Å². The third-order valence-electron chi connectivity index (χ3n) is 27.6. The summed E-state index contributed by atoms with van der Waals surface area (Å²) in [7, 11) is -13.1. The predicted molar refractivity (Wildman–Crippen MR) is 622 cm³/mol. The zero-order valence-electron chi connectivity index (χ0n) is 88.0. The number of aromatic nitrogens is 6. The molecule has 0 unspecified atom stereocenters. The van der Waals surface area contributed by atoms with Gasteiger partial charge in [-0.1, -0.05) is 355 Å². The normalized spacial score (nSPS) is 12.4. The molecule has 0 spiro atoms. The average molecular weight is 2580 g/mol. The van der Waals surface area contributed by atoms with Crippen molar-refractivity contribution in [1.29, 1.82) is 0 Å². The van der Waals surface area contributed by atoms with Crippen LogP contribution in [0.5, 0.6) is 0 Å². The van der Waals surface area contributed by atoms with Gasteiger partial charge in [-0.15, -0.1) is 162 Å². The molecule has 24 heteroatoms. The van der Waals surface area contributed by atoms with Crippen LogP contribution in [0.15, 0.2) is 311 Å². The van der Waals surface area contributed by atoms with E-state index in [0.29, 0.717) is 5.92 Å².